The Morgan fingerprint density at radius 1 is 1.09 bits per heavy atom. The molecule has 0 aliphatic carbocycles. The predicted octanol–water partition coefficient (Wildman–Crippen LogP) is 2.47. The molecular formula is C18H26ClN3O. The summed E-state index contributed by atoms with van der Waals surface area (Å²) in [5.41, 5.74) is 1.28. The van der Waals surface area contributed by atoms with Crippen molar-refractivity contribution in [3.8, 4) is 0 Å². The number of rotatable bonds is 3. The number of carbonyl (C=O) groups is 1. The smallest absolute Gasteiger partial charge is 0.240 e. The second-order valence-corrected chi connectivity index (χ2v) is 7.16. The number of hydrogen-bond donors (Lipinski definition) is 0. The van der Waals surface area contributed by atoms with Crippen molar-refractivity contribution < 1.29 is 4.79 Å². The van der Waals surface area contributed by atoms with E-state index in [2.05, 4.69) is 33.9 Å². The number of hydrogen-bond acceptors (Lipinski definition) is 3. The van der Waals surface area contributed by atoms with Crippen LogP contribution in [0.5, 0.6) is 0 Å². The van der Waals surface area contributed by atoms with Gasteiger partial charge in [0.05, 0.1) is 6.04 Å². The van der Waals surface area contributed by atoms with Crippen LogP contribution in [0.2, 0.25) is 5.02 Å². The lowest BCUT2D eigenvalue weighted by Crippen LogP contribution is -2.55. The predicted molar refractivity (Wildman–Crippen MR) is 93.6 cm³/mol. The third kappa shape index (κ3) is 4.25. The first-order valence-electron chi connectivity index (χ1n) is 8.59. The van der Waals surface area contributed by atoms with E-state index in [4.69, 9.17) is 11.6 Å². The average Bonchev–Trinajstić information content (AvgIpc) is 2.57. The standard InChI is InChI=1S/C18H26ClN3O/c1-20-9-3-2-4-17(20)18(23)22-12-10-21(11-13-22)14-15-5-7-16(19)8-6-15/h5-8,17H,2-4,9-14H2,1H3/t17-/m1/s1. The van der Waals surface area contributed by atoms with Crippen molar-refractivity contribution in [3.63, 3.8) is 0 Å². The number of benzene rings is 1. The van der Waals surface area contributed by atoms with Crippen molar-refractivity contribution in [2.24, 2.45) is 0 Å². The van der Waals surface area contributed by atoms with Crippen LogP contribution in [0.1, 0.15) is 24.8 Å². The summed E-state index contributed by atoms with van der Waals surface area (Å²) in [7, 11) is 2.08. The van der Waals surface area contributed by atoms with Crippen LogP contribution in [0, 0.1) is 0 Å². The van der Waals surface area contributed by atoms with Crippen molar-refractivity contribution in [1.29, 1.82) is 0 Å². The molecule has 0 N–H and O–H groups in total. The zero-order chi connectivity index (χ0) is 16.2. The second-order valence-electron chi connectivity index (χ2n) is 6.72. The highest BCUT2D eigenvalue weighted by atomic mass is 35.5. The third-order valence-electron chi connectivity index (χ3n) is 5.06. The Morgan fingerprint density at radius 2 is 1.78 bits per heavy atom. The number of amides is 1. The number of halogens is 1. The van der Waals surface area contributed by atoms with E-state index in [1.54, 1.807) is 0 Å². The quantitative estimate of drug-likeness (QED) is 0.849. The minimum absolute atomic E-state index is 0.103. The molecule has 0 aromatic heterocycles. The number of piperidine rings is 1. The van der Waals surface area contributed by atoms with Crippen LogP contribution >= 0.6 is 11.6 Å². The van der Waals surface area contributed by atoms with Crippen molar-refractivity contribution in [1.82, 2.24) is 14.7 Å². The van der Waals surface area contributed by atoms with Gasteiger partial charge in [0.15, 0.2) is 0 Å². The van der Waals surface area contributed by atoms with Gasteiger partial charge in [-0.25, -0.2) is 0 Å². The molecule has 0 radical (unpaired) electrons. The lowest BCUT2D eigenvalue weighted by Gasteiger charge is -2.39. The van der Waals surface area contributed by atoms with E-state index in [0.717, 1.165) is 50.7 Å². The van der Waals surface area contributed by atoms with Gasteiger partial charge in [0.1, 0.15) is 0 Å². The van der Waals surface area contributed by atoms with Gasteiger partial charge in [0.2, 0.25) is 5.91 Å². The maximum atomic E-state index is 12.7. The minimum atomic E-state index is 0.103. The summed E-state index contributed by atoms with van der Waals surface area (Å²) >= 11 is 5.93. The van der Waals surface area contributed by atoms with E-state index < -0.39 is 0 Å². The Labute approximate surface area is 144 Å². The zero-order valence-electron chi connectivity index (χ0n) is 13.9. The molecule has 2 saturated heterocycles. The first kappa shape index (κ1) is 16.7. The fourth-order valence-corrected chi connectivity index (χ4v) is 3.70. The van der Waals surface area contributed by atoms with Crippen molar-refractivity contribution in [2.75, 3.05) is 39.8 Å². The second kappa shape index (κ2) is 7.65. The zero-order valence-corrected chi connectivity index (χ0v) is 14.6. The van der Waals surface area contributed by atoms with Crippen LogP contribution in [-0.4, -0.2) is 66.4 Å². The van der Waals surface area contributed by atoms with Gasteiger partial charge < -0.3 is 4.90 Å². The normalized spacial score (nSPS) is 23.9. The summed E-state index contributed by atoms with van der Waals surface area (Å²) in [6.45, 7) is 5.57. The first-order chi connectivity index (χ1) is 11.1. The van der Waals surface area contributed by atoms with Gasteiger partial charge in [-0.05, 0) is 44.1 Å². The van der Waals surface area contributed by atoms with Crippen LogP contribution in [0.4, 0.5) is 0 Å². The maximum absolute atomic E-state index is 12.7. The fourth-order valence-electron chi connectivity index (χ4n) is 3.57. The van der Waals surface area contributed by atoms with E-state index >= 15 is 0 Å². The molecule has 3 rings (SSSR count). The van der Waals surface area contributed by atoms with Crippen molar-refractivity contribution >= 4 is 17.5 Å². The molecule has 1 atom stereocenters. The Kier molecular flexibility index (Phi) is 5.57. The Morgan fingerprint density at radius 3 is 2.43 bits per heavy atom. The lowest BCUT2D eigenvalue weighted by molar-refractivity contribution is -0.139. The Balaban J connectivity index is 1.49. The van der Waals surface area contributed by atoms with E-state index in [9.17, 15) is 4.79 Å². The number of carbonyl (C=O) groups excluding carboxylic acids is 1. The topological polar surface area (TPSA) is 26.8 Å². The molecule has 2 aliphatic heterocycles. The largest absolute Gasteiger partial charge is 0.339 e. The van der Waals surface area contributed by atoms with E-state index in [-0.39, 0.29) is 6.04 Å². The Hall–Kier alpha value is -1.10. The number of likely N-dealkylation sites (tertiary alicyclic amines) is 1. The molecule has 1 amide bonds. The van der Waals surface area contributed by atoms with Gasteiger partial charge >= 0.3 is 0 Å². The van der Waals surface area contributed by atoms with Crippen LogP contribution in [-0.2, 0) is 11.3 Å². The lowest BCUT2D eigenvalue weighted by atomic mass is 10.0. The molecule has 0 bridgehead atoms. The molecule has 2 heterocycles. The van der Waals surface area contributed by atoms with Crippen LogP contribution < -0.4 is 0 Å². The molecule has 2 aliphatic rings. The van der Waals surface area contributed by atoms with Gasteiger partial charge in [-0.15, -0.1) is 0 Å². The fraction of sp³-hybridized carbons (Fsp3) is 0.611. The van der Waals surface area contributed by atoms with Gasteiger partial charge in [-0.1, -0.05) is 30.2 Å². The molecular weight excluding hydrogens is 310 g/mol. The van der Waals surface area contributed by atoms with Crippen LogP contribution in [0.25, 0.3) is 0 Å². The molecule has 0 spiro atoms. The van der Waals surface area contributed by atoms with Gasteiger partial charge in [-0.3, -0.25) is 14.6 Å². The summed E-state index contributed by atoms with van der Waals surface area (Å²) in [5.74, 6) is 0.332. The van der Waals surface area contributed by atoms with Gasteiger partial charge in [0.25, 0.3) is 0 Å². The summed E-state index contributed by atoms with van der Waals surface area (Å²) in [6.07, 6.45) is 3.41. The molecule has 5 heteroatoms. The number of nitrogens with zero attached hydrogens (tertiary/aromatic N) is 3. The van der Waals surface area contributed by atoms with E-state index in [1.165, 1.54) is 18.4 Å². The van der Waals surface area contributed by atoms with Crippen LogP contribution in [0.15, 0.2) is 24.3 Å². The molecule has 23 heavy (non-hydrogen) atoms. The van der Waals surface area contributed by atoms with E-state index in [1.807, 2.05) is 12.1 Å². The Bertz CT molecular complexity index is 526. The molecule has 0 saturated carbocycles. The molecule has 1 aromatic rings. The summed E-state index contributed by atoms with van der Waals surface area (Å²) < 4.78 is 0. The van der Waals surface area contributed by atoms with Crippen LogP contribution in [0.3, 0.4) is 0 Å². The minimum Gasteiger partial charge on any atom is -0.339 e. The highest BCUT2D eigenvalue weighted by molar-refractivity contribution is 6.30. The maximum Gasteiger partial charge on any atom is 0.240 e. The summed E-state index contributed by atoms with van der Waals surface area (Å²) in [5, 5.41) is 0.778. The molecule has 126 valence electrons. The van der Waals surface area contributed by atoms with E-state index in [0.29, 0.717) is 5.91 Å². The highest BCUT2D eigenvalue weighted by Crippen LogP contribution is 2.19. The average molecular weight is 336 g/mol. The number of likely N-dealkylation sites (N-methyl/N-ethyl adjacent to an activating group) is 1. The summed E-state index contributed by atoms with van der Waals surface area (Å²) in [6, 6.07) is 8.14. The first-order valence-corrected chi connectivity index (χ1v) is 8.97. The molecule has 4 nitrogen and oxygen atoms in total. The molecule has 2 fully saturated rings. The summed E-state index contributed by atoms with van der Waals surface area (Å²) in [4.78, 5) is 19.4. The van der Waals surface area contributed by atoms with Crippen molar-refractivity contribution in [3.05, 3.63) is 34.9 Å². The third-order valence-corrected chi connectivity index (χ3v) is 5.31. The van der Waals surface area contributed by atoms with Gasteiger partial charge in [0, 0.05) is 37.7 Å². The monoisotopic (exact) mass is 335 g/mol. The SMILES string of the molecule is CN1CCCC[C@@H]1C(=O)N1CCN(Cc2ccc(Cl)cc2)CC1. The van der Waals surface area contributed by atoms with Gasteiger partial charge in [-0.2, -0.15) is 0 Å². The highest BCUT2D eigenvalue weighted by Gasteiger charge is 2.31. The van der Waals surface area contributed by atoms with Crippen molar-refractivity contribution in [2.45, 2.75) is 31.8 Å². The molecule has 1 aromatic carbocycles. The molecule has 0 unspecified atom stereocenters. The number of piperazine rings is 1.